The number of thiazole rings is 1. The summed E-state index contributed by atoms with van der Waals surface area (Å²) in [7, 11) is 1.70. The lowest BCUT2D eigenvalue weighted by atomic mass is 10.2. The van der Waals surface area contributed by atoms with Gasteiger partial charge in [0, 0.05) is 64.8 Å². The Labute approximate surface area is 195 Å². The van der Waals surface area contributed by atoms with Gasteiger partial charge in [0.25, 0.3) is 0 Å². The molecule has 6 nitrogen and oxygen atoms in total. The van der Waals surface area contributed by atoms with E-state index in [4.69, 9.17) is 0 Å². The van der Waals surface area contributed by atoms with Gasteiger partial charge in [-0.15, -0.1) is 22.7 Å². The van der Waals surface area contributed by atoms with E-state index >= 15 is 0 Å². The van der Waals surface area contributed by atoms with E-state index in [0.29, 0.717) is 12.3 Å². The molecule has 0 amide bonds. The van der Waals surface area contributed by atoms with E-state index in [1.807, 2.05) is 53.4 Å². The van der Waals surface area contributed by atoms with Crippen molar-refractivity contribution in [3.8, 4) is 10.7 Å². The Morgan fingerprint density at radius 3 is 2.71 bits per heavy atom. The standard InChI is InChI=1S/C21H24N4O2S4/c1-24(9-12-30(3)26)14-18-19(7-10-28-18)31(27)25(2)17-6-4-5-15-13-16(23-20(15)17)21-22-8-11-29-21/h4-8,10-11,13,23H,9,12,14H2,1-3H3. The van der Waals surface area contributed by atoms with Gasteiger partial charge in [-0.2, -0.15) is 0 Å². The van der Waals surface area contributed by atoms with Gasteiger partial charge < -0.3 is 9.88 Å². The molecule has 3 aromatic heterocycles. The van der Waals surface area contributed by atoms with Gasteiger partial charge in [-0.1, -0.05) is 12.1 Å². The molecule has 1 aromatic carbocycles. The third-order valence-electron chi connectivity index (χ3n) is 4.95. The summed E-state index contributed by atoms with van der Waals surface area (Å²) < 4.78 is 26.7. The molecule has 0 radical (unpaired) electrons. The number of anilines is 1. The average Bonchev–Trinajstić information content (AvgIpc) is 3.50. The second kappa shape index (κ2) is 9.74. The third kappa shape index (κ3) is 4.98. The van der Waals surface area contributed by atoms with E-state index in [2.05, 4.69) is 20.9 Å². The number of thiophene rings is 1. The van der Waals surface area contributed by atoms with E-state index in [0.717, 1.165) is 43.6 Å². The summed E-state index contributed by atoms with van der Waals surface area (Å²) in [6.07, 6.45) is 3.51. The largest absolute Gasteiger partial charge is 0.351 e. The van der Waals surface area contributed by atoms with Crippen molar-refractivity contribution < 1.29 is 8.42 Å². The van der Waals surface area contributed by atoms with Crippen LogP contribution in [0.5, 0.6) is 0 Å². The van der Waals surface area contributed by atoms with Crippen LogP contribution >= 0.6 is 22.7 Å². The van der Waals surface area contributed by atoms with Crippen molar-refractivity contribution in [2.45, 2.75) is 11.4 Å². The average molecular weight is 493 g/mol. The predicted octanol–water partition coefficient (Wildman–Crippen LogP) is 4.32. The molecule has 0 fully saturated rings. The smallest absolute Gasteiger partial charge is 0.153 e. The second-order valence-corrected chi connectivity index (χ2v) is 12.2. The molecule has 2 atom stereocenters. The SMILES string of the molecule is CN(CCS(C)=O)Cc1sccc1S(=O)N(C)c1cccc2cc(-c3nccs3)[nH]c12. The maximum Gasteiger partial charge on any atom is 0.153 e. The van der Waals surface area contributed by atoms with Crippen LogP contribution in [0.4, 0.5) is 5.69 Å². The van der Waals surface area contributed by atoms with Crippen LogP contribution in [0, 0.1) is 0 Å². The number of aromatic nitrogens is 2. The number of fused-ring (bicyclic) bond motifs is 1. The second-order valence-electron chi connectivity index (χ2n) is 7.23. The summed E-state index contributed by atoms with van der Waals surface area (Å²) in [5.74, 6) is 0.635. The predicted molar refractivity (Wildman–Crippen MR) is 134 cm³/mol. The summed E-state index contributed by atoms with van der Waals surface area (Å²) in [5, 5.41) is 5.93. The minimum atomic E-state index is -1.35. The molecule has 0 aliphatic heterocycles. The van der Waals surface area contributed by atoms with Gasteiger partial charge in [-0.3, -0.25) is 8.51 Å². The monoisotopic (exact) mass is 492 g/mol. The van der Waals surface area contributed by atoms with Gasteiger partial charge in [0.1, 0.15) is 5.01 Å². The normalized spacial score (nSPS) is 13.7. The molecule has 4 rings (SSSR count). The molecule has 0 saturated heterocycles. The van der Waals surface area contributed by atoms with Crippen molar-refractivity contribution in [2.75, 3.05) is 37.0 Å². The fourth-order valence-electron chi connectivity index (χ4n) is 3.32. The first-order chi connectivity index (χ1) is 14.9. The molecule has 3 heterocycles. The maximum absolute atomic E-state index is 13.5. The molecule has 0 saturated carbocycles. The molecule has 0 aliphatic carbocycles. The highest BCUT2D eigenvalue weighted by Crippen LogP contribution is 2.33. The molecule has 1 N–H and O–H groups in total. The first-order valence-corrected chi connectivity index (χ1v) is 14.3. The zero-order valence-corrected chi connectivity index (χ0v) is 20.8. The van der Waals surface area contributed by atoms with E-state index in [1.54, 1.807) is 35.1 Å². The van der Waals surface area contributed by atoms with Gasteiger partial charge in [0.2, 0.25) is 0 Å². The number of benzene rings is 1. The van der Waals surface area contributed by atoms with Crippen LogP contribution in [-0.4, -0.2) is 55.9 Å². The quantitative estimate of drug-likeness (QED) is 0.378. The Morgan fingerprint density at radius 1 is 1.13 bits per heavy atom. The Kier molecular flexibility index (Phi) is 7.02. The van der Waals surface area contributed by atoms with Crippen LogP contribution in [0.15, 0.2) is 52.2 Å². The molecule has 0 bridgehead atoms. The highest BCUT2D eigenvalue weighted by molar-refractivity contribution is 7.86. The lowest BCUT2D eigenvalue weighted by Gasteiger charge is -2.21. The van der Waals surface area contributed by atoms with E-state index in [-0.39, 0.29) is 0 Å². The molecule has 4 aromatic rings. The van der Waals surface area contributed by atoms with Gasteiger partial charge in [-0.25, -0.2) is 9.19 Å². The summed E-state index contributed by atoms with van der Waals surface area (Å²) in [6, 6.07) is 10.0. The lowest BCUT2D eigenvalue weighted by Crippen LogP contribution is -2.25. The van der Waals surface area contributed by atoms with Gasteiger partial charge in [0.05, 0.1) is 21.8 Å². The van der Waals surface area contributed by atoms with Crippen molar-refractivity contribution in [1.82, 2.24) is 14.9 Å². The Bertz CT molecular complexity index is 1220. The van der Waals surface area contributed by atoms with Crippen molar-refractivity contribution in [3.05, 3.63) is 52.2 Å². The van der Waals surface area contributed by atoms with Gasteiger partial charge >= 0.3 is 0 Å². The topological polar surface area (TPSA) is 69.3 Å². The lowest BCUT2D eigenvalue weighted by molar-refractivity contribution is 0.348. The fraction of sp³-hybridized carbons (Fsp3) is 0.286. The highest BCUT2D eigenvalue weighted by atomic mass is 32.2. The number of hydrogen-bond acceptors (Lipinski definition) is 6. The van der Waals surface area contributed by atoms with Crippen LogP contribution in [-0.2, 0) is 28.3 Å². The van der Waals surface area contributed by atoms with Crippen molar-refractivity contribution in [3.63, 3.8) is 0 Å². The van der Waals surface area contributed by atoms with E-state index in [1.165, 1.54) is 0 Å². The first-order valence-electron chi connectivity index (χ1n) is 9.66. The zero-order valence-electron chi connectivity index (χ0n) is 17.5. The number of hydrogen-bond donors (Lipinski definition) is 1. The van der Waals surface area contributed by atoms with E-state index in [9.17, 15) is 8.42 Å². The summed E-state index contributed by atoms with van der Waals surface area (Å²) >= 11 is 3.19. The van der Waals surface area contributed by atoms with Gasteiger partial charge in [-0.05, 0) is 30.6 Å². The number of H-pyrrole nitrogens is 1. The molecule has 0 spiro atoms. The molecule has 164 valence electrons. The van der Waals surface area contributed by atoms with Crippen LogP contribution in [0.25, 0.3) is 21.6 Å². The molecule has 2 unspecified atom stereocenters. The van der Waals surface area contributed by atoms with E-state index < -0.39 is 21.8 Å². The minimum absolute atomic E-state index is 0.635. The summed E-state index contributed by atoms with van der Waals surface area (Å²) in [6.45, 7) is 1.43. The van der Waals surface area contributed by atoms with Crippen LogP contribution in [0.3, 0.4) is 0 Å². The number of nitrogens with zero attached hydrogens (tertiary/aromatic N) is 3. The number of para-hydroxylation sites is 1. The molecular weight excluding hydrogens is 469 g/mol. The fourth-order valence-corrected chi connectivity index (χ4v) is 6.86. The molecule has 10 heteroatoms. The number of nitrogens with one attached hydrogen (secondary N) is 1. The highest BCUT2D eigenvalue weighted by Gasteiger charge is 2.20. The van der Waals surface area contributed by atoms with Gasteiger partial charge in [0.15, 0.2) is 11.0 Å². The Morgan fingerprint density at radius 2 is 1.97 bits per heavy atom. The van der Waals surface area contributed by atoms with Crippen LogP contribution in [0.1, 0.15) is 4.88 Å². The summed E-state index contributed by atoms with van der Waals surface area (Å²) in [5.41, 5.74) is 2.79. The molecular formula is C21H24N4O2S4. The third-order valence-corrected chi connectivity index (χ3v) is 9.00. The molecule has 31 heavy (non-hydrogen) atoms. The first kappa shape index (κ1) is 22.3. The summed E-state index contributed by atoms with van der Waals surface area (Å²) in [4.78, 5) is 11.9. The Hall–Kier alpha value is -1.85. The molecule has 0 aliphatic rings. The maximum atomic E-state index is 13.5. The Balaban J connectivity index is 1.59. The number of aromatic amines is 1. The van der Waals surface area contributed by atoms with Crippen molar-refractivity contribution >= 4 is 61.0 Å². The van der Waals surface area contributed by atoms with Crippen molar-refractivity contribution in [2.24, 2.45) is 0 Å². The number of rotatable bonds is 9. The van der Waals surface area contributed by atoms with Crippen molar-refractivity contribution in [1.29, 1.82) is 0 Å². The zero-order chi connectivity index (χ0) is 22.0. The minimum Gasteiger partial charge on any atom is -0.351 e. The van der Waals surface area contributed by atoms with Crippen LogP contribution in [0.2, 0.25) is 0 Å². The van der Waals surface area contributed by atoms with Crippen LogP contribution < -0.4 is 4.31 Å².